The lowest BCUT2D eigenvalue weighted by atomic mass is 10.0. The van der Waals surface area contributed by atoms with Crippen LogP contribution >= 0.6 is 0 Å². The molecule has 0 radical (unpaired) electrons. The summed E-state index contributed by atoms with van der Waals surface area (Å²) in [5.74, 6) is -0.631. The summed E-state index contributed by atoms with van der Waals surface area (Å²) >= 11 is 0. The number of amides is 1. The van der Waals surface area contributed by atoms with Gasteiger partial charge in [0.1, 0.15) is 0 Å². The number of nitrogens with zero attached hydrogens (tertiary/aromatic N) is 3. The predicted molar refractivity (Wildman–Crippen MR) is 94.7 cm³/mol. The molecule has 0 aromatic carbocycles. The Hall–Kier alpha value is -3.00. The third-order valence-corrected chi connectivity index (χ3v) is 4.63. The van der Waals surface area contributed by atoms with E-state index in [4.69, 9.17) is 10.5 Å². The van der Waals surface area contributed by atoms with E-state index in [9.17, 15) is 9.18 Å². The molecule has 134 valence electrons. The van der Waals surface area contributed by atoms with E-state index in [1.54, 1.807) is 16.9 Å². The number of nitrogens with one attached hydrogen (secondary N) is 1. The van der Waals surface area contributed by atoms with Gasteiger partial charge in [0.25, 0.3) is 5.91 Å². The number of aromatic nitrogens is 3. The van der Waals surface area contributed by atoms with E-state index in [0.717, 1.165) is 11.1 Å². The summed E-state index contributed by atoms with van der Waals surface area (Å²) in [7, 11) is 0. The van der Waals surface area contributed by atoms with Gasteiger partial charge in [0, 0.05) is 24.2 Å². The van der Waals surface area contributed by atoms with Crippen LogP contribution in [-0.2, 0) is 4.74 Å². The Morgan fingerprint density at radius 3 is 2.85 bits per heavy atom. The molecule has 3 aromatic rings. The number of halogens is 1. The Bertz CT molecular complexity index is 970. The lowest BCUT2D eigenvalue weighted by Crippen LogP contribution is -2.40. The van der Waals surface area contributed by atoms with Gasteiger partial charge in [0.15, 0.2) is 5.67 Å². The van der Waals surface area contributed by atoms with Crippen LogP contribution in [0, 0.1) is 0 Å². The smallest absolute Gasteiger partial charge is 0.252 e. The molecule has 1 aliphatic heterocycles. The highest BCUT2D eigenvalue weighted by Gasteiger charge is 2.41. The Labute approximate surface area is 149 Å². The van der Waals surface area contributed by atoms with Gasteiger partial charge in [0.05, 0.1) is 42.2 Å². The number of primary amides is 1. The topological polar surface area (TPSA) is 94.5 Å². The second kappa shape index (κ2) is 6.06. The number of nitrogens with two attached hydrogens (primary N) is 1. The normalized spacial score (nSPS) is 22.6. The number of hydrogen-bond donors (Lipinski definition) is 2. The summed E-state index contributed by atoms with van der Waals surface area (Å²) in [6.07, 6.45) is 6.62. The molecule has 2 unspecified atom stereocenters. The molecule has 3 N–H and O–H groups in total. The van der Waals surface area contributed by atoms with E-state index in [0.29, 0.717) is 11.2 Å². The zero-order valence-corrected chi connectivity index (χ0v) is 14.1. The van der Waals surface area contributed by atoms with E-state index >= 15 is 0 Å². The van der Waals surface area contributed by atoms with Crippen LogP contribution in [0.1, 0.15) is 17.3 Å². The molecule has 26 heavy (non-hydrogen) atoms. The molecule has 7 nitrogen and oxygen atoms in total. The highest BCUT2D eigenvalue weighted by molar-refractivity contribution is 6.02. The molecule has 4 rings (SSSR count). The zero-order valence-electron chi connectivity index (χ0n) is 14.1. The molecule has 0 spiro atoms. The summed E-state index contributed by atoms with van der Waals surface area (Å²) in [6, 6.07) is 5.04. The van der Waals surface area contributed by atoms with E-state index < -0.39 is 17.6 Å². The number of hydrogen-bond acceptors (Lipinski definition) is 5. The van der Waals surface area contributed by atoms with Gasteiger partial charge in [-0.25, -0.2) is 8.91 Å². The maximum atomic E-state index is 14.6. The van der Waals surface area contributed by atoms with Gasteiger partial charge in [-0.05, 0) is 30.7 Å². The SMILES string of the molecule is CC1(F)COCC1Nc1c(C(N)=O)cnn2cc(-c3ccncc3)cc12. The summed E-state index contributed by atoms with van der Waals surface area (Å²) in [6.45, 7) is 1.68. The van der Waals surface area contributed by atoms with Crippen molar-refractivity contribution < 1.29 is 13.9 Å². The summed E-state index contributed by atoms with van der Waals surface area (Å²) in [5.41, 5.74) is 7.11. The number of carbonyl (C=O) groups excluding carboxylic acids is 1. The number of anilines is 1. The monoisotopic (exact) mass is 355 g/mol. The minimum Gasteiger partial charge on any atom is -0.376 e. The number of carbonyl (C=O) groups is 1. The minimum absolute atomic E-state index is 0.00121. The minimum atomic E-state index is -1.55. The number of pyridine rings is 1. The maximum Gasteiger partial charge on any atom is 0.252 e. The van der Waals surface area contributed by atoms with Crippen molar-refractivity contribution in [3.63, 3.8) is 0 Å². The van der Waals surface area contributed by atoms with Crippen molar-refractivity contribution in [2.45, 2.75) is 18.6 Å². The Morgan fingerprint density at radius 2 is 2.19 bits per heavy atom. The number of rotatable bonds is 4. The molecule has 1 amide bonds. The second-order valence-corrected chi connectivity index (χ2v) is 6.58. The van der Waals surface area contributed by atoms with Crippen LogP contribution in [0.15, 0.2) is 43.0 Å². The molecular weight excluding hydrogens is 337 g/mol. The summed E-state index contributed by atoms with van der Waals surface area (Å²) in [5, 5.41) is 7.37. The molecule has 0 saturated carbocycles. The molecular formula is C18H18FN5O2. The Kier molecular flexibility index (Phi) is 3.84. The lowest BCUT2D eigenvalue weighted by Gasteiger charge is -2.24. The first-order valence-corrected chi connectivity index (χ1v) is 8.20. The van der Waals surface area contributed by atoms with Gasteiger partial charge in [-0.15, -0.1) is 0 Å². The first-order chi connectivity index (χ1) is 12.5. The van der Waals surface area contributed by atoms with Crippen molar-refractivity contribution in [2.75, 3.05) is 18.5 Å². The third-order valence-electron chi connectivity index (χ3n) is 4.63. The van der Waals surface area contributed by atoms with Gasteiger partial charge in [0.2, 0.25) is 0 Å². The fourth-order valence-corrected chi connectivity index (χ4v) is 3.11. The molecule has 4 heterocycles. The van der Waals surface area contributed by atoms with Crippen molar-refractivity contribution in [2.24, 2.45) is 5.73 Å². The number of alkyl halides is 1. The van der Waals surface area contributed by atoms with Crippen molar-refractivity contribution in [1.29, 1.82) is 0 Å². The highest BCUT2D eigenvalue weighted by Crippen LogP contribution is 2.32. The summed E-state index contributed by atoms with van der Waals surface area (Å²) in [4.78, 5) is 15.9. The molecule has 1 saturated heterocycles. The molecule has 1 fully saturated rings. The molecule has 1 aliphatic rings. The van der Waals surface area contributed by atoms with Crippen LogP contribution in [0.25, 0.3) is 16.6 Å². The molecule has 8 heteroatoms. The quantitative estimate of drug-likeness (QED) is 0.747. The van der Waals surface area contributed by atoms with Crippen LogP contribution < -0.4 is 11.1 Å². The Morgan fingerprint density at radius 1 is 1.42 bits per heavy atom. The molecule has 0 aliphatic carbocycles. The van der Waals surface area contributed by atoms with Crippen molar-refractivity contribution in [1.82, 2.24) is 14.6 Å². The first kappa shape index (κ1) is 16.5. The second-order valence-electron chi connectivity index (χ2n) is 6.58. The van der Waals surface area contributed by atoms with Gasteiger partial charge in [-0.1, -0.05) is 0 Å². The average Bonchev–Trinajstić information content (AvgIpc) is 3.19. The van der Waals surface area contributed by atoms with Crippen molar-refractivity contribution in [3.8, 4) is 11.1 Å². The third kappa shape index (κ3) is 2.78. The number of ether oxygens (including phenoxy) is 1. The highest BCUT2D eigenvalue weighted by atomic mass is 19.1. The lowest BCUT2D eigenvalue weighted by molar-refractivity contribution is 0.1000. The maximum absolute atomic E-state index is 14.6. The fraction of sp³-hybridized carbons (Fsp3) is 0.278. The molecule has 3 aromatic heterocycles. The van der Waals surface area contributed by atoms with Crippen LogP contribution in [0.2, 0.25) is 0 Å². The van der Waals surface area contributed by atoms with Gasteiger partial charge in [-0.3, -0.25) is 9.78 Å². The standard InChI is InChI=1S/C18H18FN5O2/c1-18(19)10-26-9-15(18)23-16-13(17(20)25)7-22-24-8-12(6-14(16)24)11-2-4-21-5-3-11/h2-8,15,23H,9-10H2,1H3,(H2,20,25). The van der Waals surface area contributed by atoms with Crippen LogP contribution in [0.4, 0.5) is 10.1 Å². The predicted octanol–water partition coefficient (Wildman–Crippen LogP) is 2.03. The van der Waals surface area contributed by atoms with Gasteiger partial charge < -0.3 is 15.8 Å². The van der Waals surface area contributed by atoms with E-state index in [-0.39, 0.29) is 18.8 Å². The Balaban J connectivity index is 1.84. The molecule has 0 bridgehead atoms. The summed E-state index contributed by atoms with van der Waals surface area (Å²) < 4.78 is 21.5. The van der Waals surface area contributed by atoms with Gasteiger partial charge >= 0.3 is 0 Å². The van der Waals surface area contributed by atoms with Crippen LogP contribution in [0.3, 0.4) is 0 Å². The van der Waals surface area contributed by atoms with E-state index in [2.05, 4.69) is 15.4 Å². The zero-order chi connectivity index (χ0) is 18.3. The van der Waals surface area contributed by atoms with Crippen LogP contribution in [-0.4, -0.2) is 45.4 Å². The fourth-order valence-electron chi connectivity index (χ4n) is 3.11. The van der Waals surface area contributed by atoms with Crippen molar-refractivity contribution >= 4 is 17.1 Å². The first-order valence-electron chi connectivity index (χ1n) is 8.20. The van der Waals surface area contributed by atoms with Gasteiger partial charge in [-0.2, -0.15) is 5.10 Å². The average molecular weight is 355 g/mol. The van der Waals surface area contributed by atoms with E-state index in [1.165, 1.54) is 13.1 Å². The van der Waals surface area contributed by atoms with Crippen LogP contribution in [0.5, 0.6) is 0 Å². The van der Waals surface area contributed by atoms with Crippen molar-refractivity contribution in [3.05, 3.63) is 48.5 Å². The molecule has 2 atom stereocenters. The largest absolute Gasteiger partial charge is 0.376 e. The number of fused-ring (bicyclic) bond motifs is 1. The van der Waals surface area contributed by atoms with E-state index in [1.807, 2.05) is 24.4 Å².